The van der Waals surface area contributed by atoms with E-state index in [1.54, 1.807) is 6.20 Å². The predicted octanol–water partition coefficient (Wildman–Crippen LogP) is 5.09. The summed E-state index contributed by atoms with van der Waals surface area (Å²) in [4.78, 5) is 13.1. The molecular formula is C18H27NO3. The van der Waals surface area contributed by atoms with Crippen LogP contribution in [0.15, 0.2) is 30.5 Å². The molecule has 3 N–H and O–H groups in total. The van der Waals surface area contributed by atoms with Crippen molar-refractivity contribution in [2.75, 3.05) is 0 Å². The molecule has 0 spiro atoms. The molecule has 0 unspecified atom stereocenters. The molecule has 2 aromatic rings. The number of hydrogen-bond donors (Lipinski definition) is 3. The predicted molar refractivity (Wildman–Crippen MR) is 90.2 cm³/mol. The van der Waals surface area contributed by atoms with Crippen LogP contribution in [0.25, 0.3) is 10.9 Å². The van der Waals surface area contributed by atoms with Crippen LogP contribution < -0.4 is 0 Å². The molecule has 0 saturated heterocycles. The van der Waals surface area contributed by atoms with Crippen LogP contribution in [0, 0.1) is 0 Å². The average Bonchev–Trinajstić information content (AvgIpc) is 2.89. The Morgan fingerprint density at radius 2 is 1.68 bits per heavy atom. The summed E-state index contributed by atoms with van der Waals surface area (Å²) < 4.78 is 0. The van der Waals surface area contributed by atoms with Crippen molar-refractivity contribution in [3.05, 3.63) is 30.5 Å². The summed E-state index contributed by atoms with van der Waals surface area (Å²) in [5.41, 5.74) is 0.972. The Balaban J connectivity index is 0.000000222. The fraction of sp³-hybridized carbons (Fsp3) is 0.500. The zero-order valence-electron chi connectivity index (χ0n) is 13.3. The van der Waals surface area contributed by atoms with E-state index in [0.29, 0.717) is 12.2 Å². The van der Waals surface area contributed by atoms with Gasteiger partial charge in [0.1, 0.15) is 5.75 Å². The average molecular weight is 305 g/mol. The highest BCUT2D eigenvalue weighted by atomic mass is 16.4. The van der Waals surface area contributed by atoms with Gasteiger partial charge in [0, 0.05) is 23.5 Å². The van der Waals surface area contributed by atoms with Gasteiger partial charge in [-0.25, -0.2) is 0 Å². The van der Waals surface area contributed by atoms with E-state index in [-0.39, 0.29) is 0 Å². The van der Waals surface area contributed by atoms with Crippen LogP contribution >= 0.6 is 0 Å². The highest BCUT2D eigenvalue weighted by molar-refractivity contribution is 5.85. The lowest BCUT2D eigenvalue weighted by molar-refractivity contribution is -0.137. The van der Waals surface area contributed by atoms with Crippen molar-refractivity contribution < 1.29 is 15.0 Å². The maximum absolute atomic E-state index is 10.1. The number of aromatic amines is 1. The number of aromatic nitrogens is 1. The molecule has 0 saturated carbocycles. The third kappa shape index (κ3) is 7.16. The van der Waals surface area contributed by atoms with E-state index in [2.05, 4.69) is 11.9 Å². The van der Waals surface area contributed by atoms with Crippen LogP contribution in [0.5, 0.6) is 5.75 Å². The van der Waals surface area contributed by atoms with Crippen LogP contribution in [0.1, 0.15) is 58.3 Å². The maximum Gasteiger partial charge on any atom is 0.303 e. The summed E-state index contributed by atoms with van der Waals surface area (Å²) >= 11 is 0. The van der Waals surface area contributed by atoms with Gasteiger partial charge in [0.05, 0.1) is 0 Å². The minimum atomic E-state index is -0.663. The van der Waals surface area contributed by atoms with Crippen molar-refractivity contribution in [1.82, 2.24) is 4.98 Å². The third-order valence-electron chi connectivity index (χ3n) is 3.56. The number of aliphatic carboxylic acids is 1. The molecule has 0 fully saturated rings. The normalized spacial score (nSPS) is 10.2. The molecule has 2 rings (SSSR count). The number of fused-ring (bicyclic) bond motifs is 1. The molecule has 0 atom stereocenters. The number of aromatic hydroxyl groups is 1. The number of benzene rings is 1. The van der Waals surface area contributed by atoms with E-state index in [4.69, 9.17) is 5.11 Å². The fourth-order valence-corrected chi connectivity index (χ4v) is 2.29. The van der Waals surface area contributed by atoms with Gasteiger partial charge in [-0.2, -0.15) is 0 Å². The highest BCUT2D eigenvalue weighted by Gasteiger charge is 1.97. The summed E-state index contributed by atoms with van der Waals surface area (Å²) in [5, 5.41) is 18.4. The van der Waals surface area contributed by atoms with Gasteiger partial charge in [-0.15, -0.1) is 0 Å². The van der Waals surface area contributed by atoms with Gasteiger partial charge >= 0.3 is 5.97 Å². The number of rotatable bonds is 8. The van der Waals surface area contributed by atoms with E-state index < -0.39 is 5.97 Å². The first-order valence-corrected chi connectivity index (χ1v) is 8.12. The maximum atomic E-state index is 10.1. The lowest BCUT2D eigenvalue weighted by atomic mass is 10.1. The lowest BCUT2D eigenvalue weighted by Crippen LogP contribution is -1.93. The number of unbranched alkanes of at least 4 members (excludes halogenated alkanes) is 6. The van der Waals surface area contributed by atoms with Crippen molar-refractivity contribution in [3.63, 3.8) is 0 Å². The fourth-order valence-electron chi connectivity index (χ4n) is 2.29. The van der Waals surface area contributed by atoms with Crippen molar-refractivity contribution >= 4 is 16.9 Å². The third-order valence-corrected chi connectivity index (χ3v) is 3.56. The lowest BCUT2D eigenvalue weighted by Gasteiger charge is -1.98. The molecule has 0 aliphatic rings. The molecule has 22 heavy (non-hydrogen) atoms. The summed E-state index contributed by atoms with van der Waals surface area (Å²) in [6, 6.07) is 7.63. The van der Waals surface area contributed by atoms with Gasteiger partial charge < -0.3 is 15.2 Å². The molecule has 122 valence electrons. The summed E-state index contributed by atoms with van der Waals surface area (Å²) in [6.45, 7) is 2.20. The molecule has 4 nitrogen and oxygen atoms in total. The number of H-pyrrole nitrogens is 1. The number of nitrogens with one attached hydrogen (secondary N) is 1. The van der Waals surface area contributed by atoms with Gasteiger partial charge in [0.2, 0.25) is 0 Å². The highest BCUT2D eigenvalue weighted by Crippen LogP contribution is 2.22. The van der Waals surface area contributed by atoms with Gasteiger partial charge in [-0.05, 0) is 18.6 Å². The molecule has 0 bridgehead atoms. The zero-order valence-corrected chi connectivity index (χ0v) is 13.3. The molecule has 0 radical (unpaired) electrons. The van der Waals surface area contributed by atoms with E-state index in [9.17, 15) is 9.90 Å². The SMILES string of the molecule is CCCCCCCCCC(=O)O.Oc1c[nH]c2ccccc12. The smallest absolute Gasteiger partial charge is 0.303 e. The van der Waals surface area contributed by atoms with E-state index >= 15 is 0 Å². The quantitative estimate of drug-likeness (QED) is 0.595. The van der Waals surface area contributed by atoms with E-state index in [0.717, 1.165) is 23.7 Å². The van der Waals surface area contributed by atoms with Crippen LogP contribution in [0.2, 0.25) is 0 Å². The van der Waals surface area contributed by atoms with Crippen molar-refractivity contribution in [2.24, 2.45) is 0 Å². The topological polar surface area (TPSA) is 73.3 Å². The first kappa shape index (κ1) is 18.1. The number of carbonyl (C=O) groups is 1. The van der Waals surface area contributed by atoms with Gasteiger partial charge in [0.15, 0.2) is 0 Å². The number of carboxylic acid groups (broad SMARTS) is 1. The molecule has 1 heterocycles. The molecule has 0 aliphatic carbocycles. The molecule has 1 aromatic heterocycles. The van der Waals surface area contributed by atoms with Gasteiger partial charge in [-0.3, -0.25) is 4.79 Å². The minimum Gasteiger partial charge on any atom is -0.506 e. The largest absolute Gasteiger partial charge is 0.506 e. The van der Waals surface area contributed by atoms with Crippen LogP contribution in [-0.2, 0) is 4.79 Å². The van der Waals surface area contributed by atoms with E-state index in [1.165, 1.54) is 32.1 Å². The summed E-state index contributed by atoms with van der Waals surface area (Å²) in [7, 11) is 0. The second kappa shape index (κ2) is 10.7. The first-order valence-electron chi connectivity index (χ1n) is 8.12. The Morgan fingerprint density at radius 3 is 2.32 bits per heavy atom. The summed E-state index contributed by atoms with van der Waals surface area (Å²) in [6.07, 6.45) is 10.2. The van der Waals surface area contributed by atoms with Crippen LogP contribution in [0.4, 0.5) is 0 Å². The Morgan fingerprint density at radius 1 is 1.05 bits per heavy atom. The number of hydrogen-bond acceptors (Lipinski definition) is 2. The second-order valence-electron chi connectivity index (χ2n) is 5.48. The first-order chi connectivity index (χ1) is 10.6. The number of carboxylic acids is 1. The van der Waals surface area contributed by atoms with Crippen LogP contribution in [-0.4, -0.2) is 21.2 Å². The second-order valence-corrected chi connectivity index (χ2v) is 5.48. The molecule has 0 aliphatic heterocycles. The summed E-state index contributed by atoms with van der Waals surface area (Å²) in [5.74, 6) is -0.348. The molecule has 0 amide bonds. The Kier molecular flexibility index (Phi) is 8.80. The monoisotopic (exact) mass is 305 g/mol. The van der Waals surface area contributed by atoms with Crippen LogP contribution in [0.3, 0.4) is 0 Å². The van der Waals surface area contributed by atoms with Gasteiger partial charge in [-0.1, -0.05) is 57.6 Å². The van der Waals surface area contributed by atoms with E-state index in [1.807, 2.05) is 24.3 Å². The minimum absolute atomic E-state index is 0.315. The molecule has 1 aromatic carbocycles. The standard InChI is InChI=1S/C10H20O2.C8H7NO/c1-2-3-4-5-6-7-8-9-10(11)12;10-8-5-9-7-4-2-1-3-6(7)8/h2-9H2,1H3,(H,11,12);1-5,9-10H. The van der Waals surface area contributed by atoms with Crippen molar-refractivity contribution in [2.45, 2.75) is 58.3 Å². The Bertz CT molecular complexity index is 548. The Labute approximate surface area is 132 Å². The number of para-hydroxylation sites is 1. The molecular weight excluding hydrogens is 278 g/mol. The van der Waals surface area contributed by atoms with Gasteiger partial charge in [0.25, 0.3) is 0 Å². The molecule has 4 heteroatoms. The zero-order chi connectivity index (χ0) is 16.2. The van der Waals surface area contributed by atoms with Crippen molar-refractivity contribution in [1.29, 1.82) is 0 Å². The Hall–Kier alpha value is -1.97. The van der Waals surface area contributed by atoms with Crippen molar-refractivity contribution in [3.8, 4) is 5.75 Å².